The van der Waals surface area contributed by atoms with Crippen molar-refractivity contribution in [3.05, 3.63) is 89.9 Å². The van der Waals surface area contributed by atoms with E-state index in [2.05, 4.69) is 20.6 Å². The van der Waals surface area contributed by atoms with Crippen LogP contribution in [0.25, 0.3) is 23.0 Å². The number of aromatic nitrogens is 5. The first-order valence-corrected chi connectivity index (χ1v) is 12.1. The number of nitrogens with zero attached hydrogens (tertiary/aromatic N) is 5. The van der Waals surface area contributed by atoms with Gasteiger partial charge < -0.3 is 9.73 Å². The van der Waals surface area contributed by atoms with E-state index in [0.717, 1.165) is 28.5 Å². The lowest BCUT2D eigenvalue weighted by atomic mass is 10.2. The molecule has 0 radical (unpaired) electrons. The number of thioether (sulfide) groups is 1. The van der Waals surface area contributed by atoms with Crippen LogP contribution in [0, 0.1) is 20.8 Å². The summed E-state index contributed by atoms with van der Waals surface area (Å²) in [4.78, 5) is 12.9. The molecule has 0 atom stereocenters. The molecule has 5 rings (SSSR count). The molecule has 0 spiro atoms. The normalized spacial score (nSPS) is 11.1. The van der Waals surface area contributed by atoms with Crippen LogP contribution in [0.4, 0.5) is 5.69 Å². The van der Waals surface area contributed by atoms with Crippen LogP contribution in [0.2, 0.25) is 0 Å². The van der Waals surface area contributed by atoms with Crippen molar-refractivity contribution in [3.8, 4) is 23.0 Å². The molecule has 0 aliphatic heterocycles. The second-order valence-corrected chi connectivity index (χ2v) is 9.03. The summed E-state index contributed by atoms with van der Waals surface area (Å²) in [6.45, 7) is 5.89. The Hall–Kier alpha value is -4.11. The fourth-order valence-corrected chi connectivity index (χ4v) is 4.56. The van der Waals surface area contributed by atoms with Crippen LogP contribution in [-0.4, -0.2) is 36.2 Å². The number of nitrogens with one attached hydrogen (secondary N) is 1. The van der Waals surface area contributed by atoms with E-state index >= 15 is 0 Å². The maximum atomic E-state index is 12.9. The third kappa shape index (κ3) is 4.63. The van der Waals surface area contributed by atoms with Crippen molar-refractivity contribution < 1.29 is 9.21 Å². The van der Waals surface area contributed by atoms with Crippen LogP contribution in [-0.2, 0) is 4.79 Å². The van der Waals surface area contributed by atoms with Crippen molar-refractivity contribution in [1.29, 1.82) is 0 Å². The number of para-hydroxylation sites is 1. The lowest BCUT2D eigenvalue weighted by molar-refractivity contribution is -0.113. The zero-order valence-corrected chi connectivity index (χ0v) is 20.4. The summed E-state index contributed by atoms with van der Waals surface area (Å²) in [6.07, 6.45) is 1.60. The Morgan fingerprint density at radius 3 is 2.43 bits per heavy atom. The van der Waals surface area contributed by atoms with Gasteiger partial charge >= 0.3 is 0 Å². The molecule has 0 bridgehead atoms. The number of aryl methyl sites for hydroxylation is 2. The van der Waals surface area contributed by atoms with Crippen molar-refractivity contribution in [2.75, 3.05) is 11.1 Å². The molecule has 1 N–H and O–H groups in total. The maximum Gasteiger partial charge on any atom is 0.234 e. The SMILES string of the molecule is Cc1ccc(-n2nc(C)c(NC(=O)CSc3nnc(-c4ccco4)n3-c3ccccc3)c2C)cc1. The first-order valence-electron chi connectivity index (χ1n) is 11.1. The molecular formula is C26H24N6O2S. The van der Waals surface area contributed by atoms with Gasteiger partial charge in [0.1, 0.15) is 0 Å². The van der Waals surface area contributed by atoms with Crippen molar-refractivity contribution in [2.24, 2.45) is 0 Å². The molecule has 0 unspecified atom stereocenters. The number of rotatable bonds is 7. The largest absolute Gasteiger partial charge is 0.461 e. The molecule has 8 nitrogen and oxygen atoms in total. The maximum absolute atomic E-state index is 12.9. The lowest BCUT2D eigenvalue weighted by Crippen LogP contribution is -2.15. The number of carbonyl (C=O) groups excluding carboxylic acids is 1. The molecule has 3 heterocycles. The summed E-state index contributed by atoms with van der Waals surface area (Å²) in [5, 5.41) is 16.9. The standard InChI is InChI=1S/C26H24N6O2S/c1-17-11-13-21(14-12-17)32-19(3)24(18(2)30-32)27-23(33)16-35-26-29-28-25(22-10-7-15-34-22)31(26)20-8-5-4-6-9-20/h4-15H,16H2,1-3H3,(H,27,33). The molecule has 5 aromatic rings. The number of carbonyl (C=O) groups is 1. The molecule has 0 aliphatic carbocycles. The Morgan fingerprint density at radius 2 is 1.71 bits per heavy atom. The van der Waals surface area contributed by atoms with E-state index in [1.807, 2.05) is 90.7 Å². The van der Waals surface area contributed by atoms with Gasteiger partial charge in [-0.1, -0.05) is 47.7 Å². The Labute approximate surface area is 207 Å². The third-order valence-electron chi connectivity index (χ3n) is 5.56. The van der Waals surface area contributed by atoms with E-state index in [1.54, 1.807) is 12.3 Å². The second-order valence-electron chi connectivity index (χ2n) is 8.08. The topological polar surface area (TPSA) is 90.8 Å². The van der Waals surface area contributed by atoms with Gasteiger partial charge in [-0.05, 0) is 57.2 Å². The molecule has 9 heteroatoms. The lowest BCUT2D eigenvalue weighted by Gasteiger charge is -2.10. The Bertz CT molecular complexity index is 1450. The Morgan fingerprint density at radius 1 is 0.943 bits per heavy atom. The molecule has 0 fully saturated rings. The van der Waals surface area contributed by atoms with E-state index in [4.69, 9.17) is 4.42 Å². The highest BCUT2D eigenvalue weighted by Gasteiger charge is 2.20. The van der Waals surface area contributed by atoms with Gasteiger partial charge in [0, 0.05) is 5.69 Å². The van der Waals surface area contributed by atoms with Gasteiger partial charge in [0.05, 0.1) is 34.8 Å². The van der Waals surface area contributed by atoms with Gasteiger partial charge in [0.25, 0.3) is 0 Å². The highest BCUT2D eigenvalue weighted by atomic mass is 32.2. The molecule has 0 saturated heterocycles. The first kappa shape index (κ1) is 22.7. The van der Waals surface area contributed by atoms with E-state index in [9.17, 15) is 4.79 Å². The van der Waals surface area contributed by atoms with Gasteiger partial charge in [-0.2, -0.15) is 5.10 Å². The van der Waals surface area contributed by atoms with Gasteiger partial charge in [-0.3, -0.25) is 9.36 Å². The molecule has 1 amide bonds. The van der Waals surface area contributed by atoms with Crippen LogP contribution < -0.4 is 5.32 Å². The van der Waals surface area contributed by atoms with Gasteiger partial charge in [0.15, 0.2) is 10.9 Å². The minimum atomic E-state index is -0.146. The predicted octanol–water partition coefficient (Wildman–Crippen LogP) is 5.37. The zero-order valence-electron chi connectivity index (χ0n) is 19.6. The van der Waals surface area contributed by atoms with Crippen molar-refractivity contribution in [3.63, 3.8) is 0 Å². The number of amides is 1. The van der Waals surface area contributed by atoms with Crippen LogP contribution in [0.15, 0.2) is 82.6 Å². The second kappa shape index (κ2) is 9.63. The van der Waals surface area contributed by atoms with E-state index < -0.39 is 0 Å². The average Bonchev–Trinajstić information content (AvgIpc) is 3.60. The summed E-state index contributed by atoms with van der Waals surface area (Å²) in [5.41, 5.74) is 5.37. The number of hydrogen-bond donors (Lipinski definition) is 1. The molecular weight excluding hydrogens is 460 g/mol. The summed E-state index contributed by atoms with van der Waals surface area (Å²) in [6, 6.07) is 21.5. The highest BCUT2D eigenvalue weighted by molar-refractivity contribution is 7.99. The molecule has 0 aliphatic rings. The summed E-state index contributed by atoms with van der Waals surface area (Å²) in [5.74, 6) is 1.20. The molecule has 0 saturated carbocycles. The average molecular weight is 485 g/mol. The minimum Gasteiger partial charge on any atom is -0.461 e. The molecule has 176 valence electrons. The van der Waals surface area contributed by atoms with Crippen LogP contribution in [0.5, 0.6) is 0 Å². The number of anilines is 1. The molecule has 2 aromatic carbocycles. The van der Waals surface area contributed by atoms with Crippen LogP contribution in [0.3, 0.4) is 0 Å². The van der Waals surface area contributed by atoms with Gasteiger partial charge in [-0.15, -0.1) is 10.2 Å². The summed E-state index contributed by atoms with van der Waals surface area (Å²) >= 11 is 1.31. The van der Waals surface area contributed by atoms with Crippen molar-refractivity contribution in [1.82, 2.24) is 24.5 Å². The zero-order chi connectivity index (χ0) is 24.4. The van der Waals surface area contributed by atoms with E-state index in [-0.39, 0.29) is 11.7 Å². The quantitative estimate of drug-likeness (QED) is 0.312. The van der Waals surface area contributed by atoms with Gasteiger partial charge in [-0.25, -0.2) is 4.68 Å². The Kier molecular flexibility index (Phi) is 6.24. The van der Waals surface area contributed by atoms with E-state index in [1.165, 1.54) is 17.3 Å². The third-order valence-corrected chi connectivity index (χ3v) is 6.48. The van der Waals surface area contributed by atoms with E-state index in [0.29, 0.717) is 16.7 Å². The predicted molar refractivity (Wildman–Crippen MR) is 136 cm³/mol. The fourth-order valence-electron chi connectivity index (χ4n) is 3.81. The minimum absolute atomic E-state index is 0.146. The first-order chi connectivity index (χ1) is 17.0. The molecule has 35 heavy (non-hydrogen) atoms. The van der Waals surface area contributed by atoms with Gasteiger partial charge in [0.2, 0.25) is 11.7 Å². The van der Waals surface area contributed by atoms with Crippen LogP contribution >= 0.6 is 11.8 Å². The summed E-state index contributed by atoms with van der Waals surface area (Å²) < 4.78 is 9.29. The monoisotopic (exact) mass is 484 g/mol. The summed E-state index contributed by atoms with van der Waals surface area (Å²) in [7, 11) is 0. The number of hydrogen-bond acceptors (Lipinski definition) is 6. The molecule has 3 aromatic heterocycles. The number of furan rings is 1. The van der Waals surface area contributed by atoms with Crippen molar-refractivity contribution >= 4 is 23.4 Å². The Balaban J connectivity index is 1.35. The fraction of sp³-hybridized carbons (Fsp3) is 0.154. The van der Waals surface area contributed by atoms with Crippen molar-refractivity contribution in [2.45, 2.75) is 25.9 Å². The van der Waals surface area contributed by atoms with Crippen LogP contribution in [0.1, 0.15) is 17.0 Å². The highest BCUT2D eigenvalue weighted by Crippen LogP contribution is 2.29. The smallest absolute Gasteiger partial charge is 0.234 e. The number of benzene rings is 2.